The van der Waals surface area contributed by atoms with Crippen molar-refractivity contribution in [3.05, 3.63) is 31.8 Å². The summed E-state index contributed by atoms with van der Waals surface area (Å²) < 4.78 is 1.87. The Morgan fingerprint density at radius 3 is 2.94 bits per heavy atom. The lowest BCUT2D eigenvalue weighted by atomic mass is 9.97. The van der Waals surface area contributed by atoms with Crippen molar-refractivity contribution in [3.8, 4) is 10.7 Å². The van der Waals surface area contributed by atoms with E-state index in [1.54, 1.807) is 11.3 Å². The normalized spacial score (nSPS) is 14.6. The van der Waals surface area contributed by atoms with Gasteiger partial charge in [0, 0.05) is 21.1 Å². The molecular weight excluding hydrogens is 316 g/mol. The molecule has 0 amide bonds. The number of thiophene rings is 1. The first-order valence-electron chi connectivity index (χ1n) is 5.60. The molecule has 0 saturated carbocycles. The smallest absolute Gasteiger partial charge is 0.149 e. The summed E-state index contributed by atoms with van der Waals surface area (Å²) >= 11 is 10.5. The van der Waals surface area contributed by atoms with Crippen molar-refractivity contribution in [3.63, 3.8) is 0 Å². The van der Waals surface area contributed by atoms with Gasteiger partial charge in [-0.1, -0.05) is 12.2 Å². The van der Waals surface area contributed by atoms with E-state index < -0.39 is 0 Å². The summed E-state index contributed by atoms with van der Waals surface area (Å²) in [5, 5.41) is 2.06. The highest BCUT2D eigenvalue weighted by Gasteiger charge is 2.14. The third kappa shape index (κ3) is 2.23. The molecular formula is C12H11BrN2S2. The number of fused-ring (bicyclic) bond motifs is 1. The summed E-state index contributed by atoms with van der Waals surface area (Å²) in [5.74, 6) is 0.909. The van der Waals surface area contributed by atoms with Crippen LogP contribution < -0.4 is 0 Å². The van der Waals surface area contributed by atoms with Crippen molar-refractivity contribution in [2.45, 2.75) is 25.7 Å². The first kappa shape index (κ1) is 11.6. The Morgan fingerprint density at radius 1 is 1.35 bits per heavy atom. The summed E-state index contributed by atoms with van der Waals surface area (Å²) in [7, 11) is 0. The first-order chi connectivity index (χ1) is 8.24. The minimum Gasteiger partial charge on any atom is -0.342 e. The predicted molar refractivity (Wildman–Crippen MR) is 77.1 cm³/mol. The molecule has 2 aromatic rings. The lowest BCUT2D eigenvalue weighted by Gasteiger charge is -2.15. The van der Waals surface area contributed by atoms with Crippen LogP contribution in [0.1, 0.15) is 24.1 Å². The van der Waals surface area contributed by atoms with E-state index in [1.165, 1.54) is 24.1 Å². The molecule has 5 heteroatoms. The fraction of sp³-hybridized carbons (Fsp3) is 0.333. The van der Waals surface area contributed by atoms with Gasteiger partial charge < -0.3 is 4.98 Å². The number of halogens is 1. The summed E-state index contributed by atoms with van der Waals surface area (Å²) in [5.41, 5.74) is 2.54. The number of hydrogen-bond donors (Lipinski definition) is 1. The molecule has 0 aromatic carbocycles. The number of aromatic nitrogens is 2. The fourth-order valence-corrected chi connectivity index (χ4v) is 3.86. The van der Waals surface area contributed by atoms with Gasteiger partial charge in [0.05, 0.1) is 4.88 Å². The number of rotatable bonds is 1. The molecule has 88 valence electrons. The van der Waals surface area contributed by atoms with E-state index in [0.29, 0.717) is 0 Å². The van der Waals surface area contributed by atoms with E-state index in [1.807, 2.05) is 0 Å². The second-order valence-electron chi connectivity index (χ2n) is 4.18. The molecule has 2 nitrogen and oxygen atoms in total. The monoisotopic (exact) mass is 326 g/mol. The van der Waals surface area contributed by atoms with Crippen LogP contribution in [0.2, 0.25) is 0 Å². The van der Waals surface area contributed by atoms with E-state index in [2.05, 4.69) is 37.3 Å². The summed E-state index contributed by atoms with van der Waals surface area (Å²) in [6, 6.07) is 2.08. The van der Waals surface area contributed by atoms with Crippen LogP contribution in [0, 0.1) is 4.64 Å². The number of nitrogens with zero attached hydrogens (tertiary/aromatic N) is 1. The summed E-state index contributed by atoms with van der Waals surface area (Å²) in [6.07, 6.45) is 4.65. The molecule has 3 rings (SSSR count). The van der Waals surface area contributed by atoms with Crippen LogP contribution in [0.4, 0.5) is 0 Å². The van der Waals surface area contributed by atoms with Gasteiger partial charge >= 0.3 is 0 Å². The Hall–Kier alpha value is -0.520. The third-order valence-electron chi connectivity index (χ3n) is 3.01. The van der Waals surface area contributed by atoms with Gasteiger partial charge in [-0.2, -0.15) is 0 Å². The summed E-state index contributed by atoms with van der Waals surface area (Å²) in [4.78, 5) is 9.10. The van der Waals surface area contributed by atoms with Crippen LogP contribution in [0.5, 0.6) is 0 Å². The maximum atomic E-state index is 5.39. The van der Waals surface area contributed by atoms with Gasteiger partial charge in [0.1, 0.15) is 10.5 Å². The Morgan fingerprint density at radius 2 is 2.18 bits per heavy atom. The molecule has 0 fully saturated rings. The minimum atomic E-state index is 0.776. The van der Waals surface area contributed by atoms with Crippen LogP contribution >= 0.6 is 39.5 Å². The number of aromatic amines is 1. The van der Waals surface area contributed by atoms with E-state index in [4.69, 9.17) is 12.2 Å². The lowest BCUT2D eigenvalue weighted by molar-refractivity contribution is 0.661. The molecule has 17 heavy (non-hydrogen) atoms. The molecule has 0 bridgehead atoms. The number of hydrogen-bond acceptors (Lipinski definition) is 3. The average molecular weight is 327 g/mol. The zero-order valence-electron chi connectivity index (χ0n) is 9.12. The van der Waals surface area contributed by atoms with E-state index >= 15 is 0 Å². The third-order valence-corrected chi connectivity index (χ3v) is 5.04. The Bertz CT molecular complexity index is 615. The molecule has 0 atom stereocenters. The van der Waals surface area contributed by atoms with Crippen molar-refractivity contribution in [1.82, 2.24) is 9.97 Å². The zero-order valence-corrected chi connectivity index (χ0v) is 12.3. The predicted octanol–water partition coefficient (Wildman–Crippen LogP) is 4.51. The Balaban J connectivity index is 2.13. The number of nitrogens with one attached hydrogen (secondary N) is 1. The number of aryl methyl sites for hydroxylation is 1. The highest BCUT2D eigenvalue weighted by Crippen LogP contribution is 2.29. The van der Waals surface area contributed by atoms with Gasteiger partial charge in [0.25, 0.3) is 0 Å². The van der Waals surface area contributed by atoms with Gasteiger partial charge in [0.15, 0.2) is 0 Å². The fourth-order valence-electron chi connectivity index (χ4n) is 2.17. The van der Waals surface area contributed by atoms with Crippen LogP contribution in [0.25, 0.3) is 10.7 Å². The van der Waals surface area contributed by atoms with Crippen LogP contribution in [0.15, 0.2) is 15.9 Å². The molecule has 1 aliphatic carbocycles. The van der Waals surface area contributed by atoms with Crippen molar-refractivity contribution < 1.29 is 0 Å². The minimum absolute atomic E-state index is 0.776. The Labute approximate surface area is 117 Å². The molecule has 1 N–H and O–H groups in total. The van der Waals surface area contributed by atoms with Gasteiger partial charge in [-0.15, -0.1) is 11.3 Å². The van der Waals surface area contributed by atoms with Crippen molar-refractivity contribution >= 4 is 39.5 Å². The van der Waals surface area contributed by atoms with Gasteiger partial charge in [-0.3, -0.25) is 0 Å². The second-order valence-corrected chi connectivity index (χ2v) is 6.40. The largest absolute Gasteiger partial charge is 0.342 e. The molecule has 0 aliphatic heterocycles. The molecule has 1 aliphatic rings. The first-order valence-corrected chi connectivity index (χ1v) is 7.68. The summed E-state index contributed by atoms with van der Waals surface area (Å²) in [6.45, 7) is 0. The average Bonchev–Trinajstić information content (AvgIpc) is 2.76. The molecule has 0 saturated heterocycles. The van der Waals surface area contributed by atoms with Crippen molar-refractivity contribution in [2.24, 2.45) is 0 Å². The Kier molecular flexibility index (Phi) is 3.15. The van der Waals surface area contributed by atoms with E-state index in [0.717, 1.165) is 32.7 Å². The van der Waals surface area contributed by atoms with Crippen molar-refractivity contribution in [2.75, 3.05) is 0 Å². The molecule has 0 spiro atoms. The lowest BCUT2D eigenvalue weighted by Crippen LogP contribution is -2.08. The topological polar surface area (TPSA) is 28.7 Å². The molecule has 2 aromatic heterocycles. The zero-order chi connectivity index (χ0) is 11.8. The van der Waals surface area contributed by atoms with E-state index in [9.17, 15) is 0 Å². The quantitative estimate of drug-likeness (QED) is 0.781. The maximum absolute atomic E-state index is 5.39. The van der Waals surface area contributed by atoms with Gasteiger partial charge in [-0.05, 0) is 47.7 Å². The van der Waals surface area contributed by atoms with E-state index in [-0.39, 0.29) is 0 Å². The maximum Gasteiger partial charge on any atom is 0.149 e. The second kappa shape index (κ2) is 4.63. The van der Waals surface area contributed by atoms with Gasteiger partial charge in [-0.25, -0.2) is 4.98 Å². The molecule has 0 radical (unpaired) electrons. The molecule has 0 unspecified atom stereocenters. The van der Waals surface area contributed by atoms with Crippen LogP contribution in [0.3, 0.4) is 0 Å². The van der Waals surface area contributed by atoms with Crippen LogP contribution in [-0.4, -0.2) is 9.97 Å². The van der Waals surface area contributed by atoms with Crippen molar-refractivity contribution in [1.29, 1.82) is 0 Å². The standard InChI is InChI=1S/C12H11BrN2S2/c13-7-5-10(17-6-7)11-14-9-4-2-1-3-8(9)12(16)15-11/h5-6H,1-4H2,(H,14,15,16). The molecule has 2 heterocycles. The van der Waals surface area contributed by atoms with Gasteiger partial charge in [0.2, 0.25) is 0 Å². The van der Waals surface area contributed by atoms with Crippen LogP contribution in [-0.2, 0) is 12.8 Å². The SMILES string of the molecule is S=c1nc(-c2cc(Br)cs2)[nH]c2c1CCCC2. The highest BCUT2D eigenvalue weighted by atomic mass is 79.9. The highest BCUT2D eigenvalue weighted by molar-refractivity contribution is 9.10. The number of H-pyrrole nitrogens is 1.